The fraction of sp³-hybridized carbons (Fsp3) is 0.778. The number of amides is 2. The summed E-state index contributed by atoms with van der Waals surface area (Å²) < 4.78 is 0. The molecule has 0 rings (SSSR count). The van der Waals surface area contributed by atoms with Gasteiger partial charge in [0.25, 0.3) is 0 Å². The number of hydrogen-bond donors (Lipinski definition) is 3. The fourth-order valence-electron chi connectivity index (χ4n) is 3.68. The van der Waals surface area contributed by atoms with Crippen LogP contribution in [0, 0.1) is 0 Å². The number of nitrogens with zero attached hydrogens (tertiary/aromatic N) is 1. The van der Waals surface area contributed by atoms with Gasteiger partial charge in [-0.15, -0.1) is 0 Å². The lowest BCUT2D eigenvalue weighted by atomic mass is 10.1. The van der Waals surface area contributed by atoms with Crippen molar-refractivity contribution in [1.29, 1.82) is 0 Å². The predicted octanol–water partition coefficient (Wildman–Crippen LogP) is 4.73. The first-order valence-electron chi connectivity index (χ1n) is 13.1. The van der Waals surface area contributed by atoms with Gasteiger partial charge in [-0.05, 0) is 58.8 Å². The first kappa shape index (κ1) is 31.3. The molecule has 33 heavy (non-hydrogen) atoms. The van der Waals surface area contributed by atoms with Gasteiger partial charge in [-0.1, -0.05) is 51.0 Å². The van der Waals surface area contributed by atoms with Crippen LogP contribution in [0.15, 0.2) is 24.3 Å². The number of nitrogens with one attached hydrogen (secondary N) is 2. The summed E-state index contributed by atoms with van der Waals surface area (Å²) in [6, 6.07) is 0.0364. The molecule has 0 aromatic heterocycles. The summed E-state index contributed by atoms with van der Waals surface area (Å²) in [6.45, 7) is 10.6. The molecule has 0 aliphatic heterocycles. The number of rotatable bonds is 21. The molecule has 6 nitrogen and oxygen atoms in total. The number of allylic oxidation sites excluding steroid dienone is 4. The van der Waals surface area contributed by atoms with Crippen molar-refractivity contribution in [2.24, 2.45) is 0 Å². The number of carbonyl (C=O) groups is 2. The number of aliphatic hydroxyl groups is 1. The maximum atomic E-state index is 12.2. The summed E-state index contributed by atoms with van der Waals surface area (Å²) in [5.74, 6) is 0.172. The van der Waals surface area contributed by atoms with Gasteiger partial charge in [0.15, 0.2) is 0 Å². The molecule has 2 unspecified atom stereocenters. The molecular formula is C27H51N3O3. The van der Waals surface area contributed by atoms with Gasteiger partial charge in [0.05, 0.1) is 0 Å². The van der Waals surface area contributed by atoms with Gasteiger partial charge in [-0.25, -0.2) is 0 Å². The Morgan fingerprint density at radius 3 is 1.58 bits per heavy atom. The molecule has 3 N–H and O–H groups in total. The van der Waals surface area contributed by atoms with Gasteiger partial charge in [-0.3, -0.25) is 14.5 Å². The molecule has 0 saturated heterocycles. The summed E-state index contributed by atoms with van der Waals surface area (Å²) in [5, 5.41) is 15.4. The second kappa shape index (κ2) is 22.1. The second-order valence-corrected chi connectivity index (χ2v) is 9.08. The van der Waals surface area contributed by atoms with Gasteiger partial charge in [0.2, 0.25) is 11.8 Å². The van der Waals surface area contributed by atoms with Crippen LogP contribution in [0.3, 0.4) is 0 Å². The molecule has 0 heterocycles. The lowest BCUT2D eigenvalue weighted by Crippen LogP contribution is -2.47. The summed E-state index contributed by atoms with van der Waals surface area (Å²) >= 11 is 0. The Kier molecular flexibility index (Phi) is 21.0. The molecule has 0 aliphatic rings. The monoisotopic (exact) mass is 465 g/mol. The SMILES string of the molecule is CCC/C=C/CCCC(=O)NC(C)CN(CCCO)CC(C)NC(=O)CCC/C=C/CCC. The number of carbonyl (C=O) groups excluding carboxylic acids is 2. The predicted molar refractivity (Wildman–Crippen MR) is 139 cm³/mol. The lowest BCUT2D eigenvalue weighted by molar-refractivity contribution is -0.122. The van der Waals surface area contributed by atoms with Crippen molar-refractivity contribution < 1.29 is 14.7 Å². The molecule has 0 radical (unpaired) electrons. The van der Waals surface area contributed by atoms with E-state index in [0.29, 0.717) is 32.4 Å². The first-order chi connectivity index (χ1) is 15.9. The summed E-state index contributed by atoms with van der Waals surface area (Å²) in [7, 11) is 0. The normalized spacial score (nSPS) is 13.6. The lowest BCUT2D eigenvalue weighted by Gasteiger charge is -2.29. The largest absolute Gasteiger partial charge is 0.396 e. The van der Waals surface area contributed by atoms with E-state index in [0.717, 1.165) is 57.9 Å². The maximum Gasteiger partial charge on any atom is 0.220 e. The molecule has 0 saturated carbocycles. The molecule has 0 aliphatic carbocycles. The standard InChI is InChI=1S/C27H51N3O3/c1-5-7-9-11-13-15-18-26(32)28-24(3)22-30(20-17-21-31)23-25(4)29-27(33)19-16-14-12-10-8-6-2/h9-12,24-25,31H,5-8,13-23H2,1-4H3,(H,28,32)(H,29,33)/b11-9+,12-10+. The van der Waals surface area contributed by atoms with Gasteiger partial charge in [-0.2, -0.15) is 0 Å². The molecule has 0 bridgehead atoms. The Bertz CT molecular complexity index is 505. The molecule has 0 aromatic carbocycles. The van der Waals surface area contributed by atoms with E-state index in [1.54, 1.807) is 0 Å². The Morgan fingerprint density at radius 2 is 1.18 bits per heavy atom. The van der Waals surface area contributed by atoms with E-state index in [1.807, 2.05) is 13.8 Å². The van der Waals surface area contributed by atoms with Crippen molar-refractivity contribution in [2.75, 3.05) is 26.2 Å². The molecule has 0 spiro atoms. The number of unbranched alkanes of at least 4 members (excludes halogenated alkanes) is 4. The second-order valence-electron chi connectivity index (χ2n) is 9.08. The van der Waals surface area contributed by atoms with Crippen LogP contribution < -0.4 is 10.6 Å². The van der Waals surface area contributed by atoms with Crippen LogP contribution in [0.5, 0.6) is 0 Å². The molecule has 6 heteroatoms. The molecule has 2 atom stereocenters. The summed E-state index contributed by atoms with van der Waals surface area (Å²) in [5.41, 5.74) is 0. The quantitative estimate of drug-likeness (QED) is 0.169. The molecule has 0 aromatic rings. The van der Waals surface area contributed by atoms with Gasteiger partial charge in [0, 0.05) is 51.2 Å². The van der Waals surface area contributed by atoms with Crippen molar-refractivity contribution in [3.05, 3.63) is 24.3 Å². The van der Waals surface area contributed by atoms with E-state index in [2.05, 4.69) is 53.7 Å². The smallest absolute Gasteiger partial charge is 0.220 e. The van der Waals surface area contributed by atoms with E-state index in [-0.39, 0.29) is 30.5 Å². The van der Waals surface area contributed by atoms with Crippen molar-refractivity contribution in [3.8, 4) is 0 Å². The van der Waals surface area contributed by atoms with Crippen molar-refractivity contribution in [3.63, 3.8) is 0 Å². The van der Waals surface area contributed by atoms with Crippen LogP contribution in [0.2, 0.25) is 0 Å². The van der Waals surface area contributed by atoms with Crippen LogP contribution in [0.25, 0.3) is 0 Å². The Hall–Kier alpha value is -1.66. The third-order valence-corrected chi connectivity index (χ3v) is 5.30. The average Bonchev–Trinajstić information content (AvgIpc) is 2.76. The minimum absolute atomic E-state index is 0.0182. The molecular weight excluding hydrogens is 414 g/mol. The zero-order valence-electron chi connectivity index (χ0n) is 21.8. The highest BCUT2D eigenvalue weighted by atomic mass is 16.3. The number of aliphatic hydroxyl groups excluding tert-OH is 1. The highest BCUT2D eigenvalue weighted by Gasteiger charge is 2.16. The Morgan fingerprint density at radius 1 is 0.758 bits per heavy atom. The molecule has 0 fully saturated rings. The first-order valence-corrected chi connectivity index (χ1v) is 13.1. The summed E-state index contributed by atoms with van der Waals surface area (Å²) in [4.78, 5) is 26.7. The van der Waals surface area contributed by atoms with Gasteiger partial charge >= 0.3 is 0 Å². The van der Waals surface area contributed by atoms with E-state index in [1.165, 1.54) is 0 Å². The average molecular weight is 466 g/mol. The van der Waals surface area contributed by atoms with Gasteiger partial charge in [0.1, 0.15) is 0 Å². The van der Waals surface area contributed by atoms with Gasteiger partial charge < -0.3 is 15.7 Å². The molecule has 192 valence electrons. The highest BCUT2D eigenvalue weighted by molar-refractivity contribution is 5.76. The van der Waals surface area contributed by atoms with Crippen LogP contribution in [0.1, 0.15) is 98.3 Å². The van der Waals surface area contributed by atoms with E-state index < -0.39 is 0 Å². The van der Waals surface area contributed by atoms with E-state index in [4.69, 9.17) is 0 Å². The zero-order valence-corrected chi connectivity index (χ0v) is 21.8. The van der Waals surface area contributed by atoms with E-state index in [9.17, 15) is 14.7 Å². The summed E-state index contributed by atoms with van der Waals surface area (Å²) in [6.07, 6.45) is 18.6. The Labute approximate surface area is 203 Å². The third kappa shape index (κ3) is 20.7. The highest BCUT2D eigenvalue weighted by Crippen LogP contribution is 2.03. The van der Waals surface area contributed by atoms with E-state index >= 15 is 0 Å². The van der Waals surface area contributed by atoms with Crippen LogP contribution in [-0.2, 0) is 9.59 Å². The van der Waals surface area contributed by atoms with Crippen LogP contribution in [-0.4, -0.2) is 60.1 Å². The third-order valence-electron chi connectivity index (χ3n) is 5.30. The van der Waals surface area contributed by atoms with Crippen molar-refractivity contribution in [2.45, 2.75) is 110 Å². The Balaban J connectivity index is 4.31. The molecule has 2 amide bonds. The zero-order chi connectivity index (χ0) is 24.7. The topological polar surface area (TPSA) is 81.7 Å². The maximum absolute atomic E-state index is 12.2. The minimum Gasteiger partial charge on any atom is -0.396 e. The van der Waals surface area contributed by atoms with Crippen molar-refractivity contribution in [1.82, 2.24) is 15.5 Å². The van der Waals surface area contributed by atoms with Crippen molar-refractivity contribution >= 4 is 11.8 Å². The minimum atomic E-state index is 0.0182. The van der Waals surface area contributed by atoms with Crippen LogP contribution >= 0.6 is 0 Å². The number of hydrogen-bond acceptors (Lipinski definition) is 4. The van der Waals surface area contributed by atoms with Crippen LogP contribution in [0.4, 0.5) is 0 Å². The fourth-order valence-corrected chi connectivity index (χ4v) is 3.68.